The van der Waals surface area contributed by atoms with Gasteiger partial charge in [-0.2, -0.15) is 13.2 Å². The van der Waals surface area contributed by atoms with Crippen molar-refractivity contribution in [3.8, 4) is 11.1 Å². The van der Waals surface area contributed by atoms with Crippen LogP contribution in [0.15, 0.2) is 36.9 Å². The maximum absolute atomic E-state index is 12.6. The number of pyridine rings is 2. The third-order valence-electron chi connectivity index (χ3n) is 7.22. The fourth-order valence-corrected chi connectivity index (χ4v) is 4.91. The van der Waals surface area contributed by atoms with Crippen LogP contribution in [0.4, 0.5) is 23.7 Å². The topological polar surface area (TPSA) is 125 Å². The molecule has 3 aromatic heterocycles. The van der Waals surface area contributed by atoms with Crippen molar-refractivity contribution < 1.29 is 32.2 Å². The molecule has 1 aliphatic heterocycles. The van der Waals surface area contributed by atoms with Crippen LogP contribution in [0.1, 0.15) is 40.2 Å². The molecule has 0 saturated carbocycles. The third-order valence-corrected chi connectivity index (χ3v) is 7.22. The molecule has 45 heavy (non-hydrogen) atoms. The largest absolute Gasteiger partial charge is 0.444 e. The number of aromatic nitrogens is 3. The Kier molecular flexibility index (Phi) is 10.9. The van der Waals surface area contributed by atoms with Crippen LogP contribution < -0.4 is 10.6 Å². The third kappa shape index (κ3) is 10.0. The van der Waals surface area contributed by atoms with E-state index in [1.165, 1.54) is 6.20 Å². The number of fused-ring (bicyclic) bond motifs is 1. The molecule has 11 nitrogen and oxygen atoms in total. The predicted octanol–water partition coefficient (Wildman–Crippen LogP) is 4.81. The van der Waals surface area contributed by atoms with Crippen molar-refractivity contribution in [2.24, 2.45) is 5.92 Å². The van der Waals surface area contributed by atoms with Crippen LogP contribution in [0.25, 0.3) is 22.2 Å². The molecule has 3 N–H and O–H groups in total. The molecule has 4 heterocycles. The summed E-state index contributed by atoms with van der Waals surface area (Å²) in [4.78, 5) is 40.8. The van der Waals surface area contributed by atoms with E-state index in [4.69, 9.17) is 9.47 Å². The van der Waals surface area contributed by atoms with Gasteiger partial charge in [0.05, 0.1) is 18.9 Å². The molecule has 0 bridgehead atoms. The highest BCUT2D eigenvalue weighted by atomic mass is 19.4. The summed E-state index contributed by atoms with van der Waals surface area (Å²) < 4.78 is 49.3. The molecule has 3 aromatic rings. The minimum absolute atomic E-state index is 0.274. The molecular formula is C31H42F3N7O4. The number of halogens is 3. The molecule has 246 valence electrons. The lowest BCUT2D eigenvalue weighted by atomic mass is 10.0. The summed E-state index contributed by atoms with van der Waals surface area (Å²) in [5, 5.41) is 5.85. The van der Waals surface area contributed by atoms with E-state index < -0.39 is 30.3 Å². The second kappa shape index (κ2) is 14.5. The van der Waals surface area contributed by atoms with Gasteiger partial charge in [0.25, 0.3) is 0 Å². The SMILES string of the molecule is CC(C)[C@@H](Nc1cncc(-c2c[nH]c3ncc(COCCN4CCN(C(=O)OC(C)(C)C)CC4)cc23)c1)C(=O)NCC(F)(F)F. The van der Waals surface area contributed by atoms with Crippen molar-refractivity contribution >= 4 is 28.7 Å². The first kappa shape index (κ1) is 34.0. The van der Waals surface area contributed by atoms with Crippen LogP contribution in [0.3, 0.4) is 0 Å². The smallest absolute Gasteiger partial charge is 0.410 e. The molecule has 0 unspecified atom stereocenters. The van der Waals surface area contributed by atoms with Crippen molar-refractivity contribution in [1.29, 1.82) is 0 Å². The fraction of sp³-hybridized carbons (Fsp3) is 0.548. The van der Waals surface area contributed by atoms with E-state index in [0.29, 0.717) is 37.6 Å². The zero-order valence-corrected chi connectivity index (χ0v) is 26.3. The minimum Gasteiger partial charge on any atom is -0.444 e. The van der Waals surface area contributed by atoms with Crippen LogP contribution in [0.5, 0.6) is 0 Å². The van der Waals surface area contributed by atoms with Crippen molar-refractivity contribution in [2.45, 2.75) is 59.0 Å². The Morgan fingerprint density at radius 3 is 2.47 bits per heavy atom. The Hall–Kier alpha value is -3.91. The lowest BCUT2D eigenvalue weighted by Crippen LogP contribution is -2.50. The number of carbonyl (C=O) groups excluding carboxylic acids is 2. The number of piperazine rings is 1. The summed E-state index contributed by atoms with van der Waals surface area (Å²) in [7, 11) is 0. The molecule has 4 rings (SSSR count). The zero-order valence-electron chi connectivity index (χ0n) is 26.3. The number of ether oxygens (including phenoxy) is 2. The van der Waals surface area contributed by atoms with Gasteiger partial charge in [0.2, 0.25) is 5.91 Å². The lowest BCUT2D eigenvalue weighted by molar-refractivity contribution is -0.139. The first-order valence-corrected chi connectivity index (χ1v) is 15.0. The molecule has 14 heteroatoms. The highest BCUT2D eigenvalue weighted by Crippen LogP contribution is 2.30. The number of hydrogen-bond donors (Lipinski definition) is 3. The van der Waals surface area contributed by atoms with Crippen LogP contribution in [-0.4, -0.2) is 100 Å². The van der Waals surface area contributed by atoms with E-state index in [1.807, 2.05) is 38.4 Å². The van der Waals surface area contributed by atoms with E-state index in [9.17, 15) is 22.8 Å². The fourth-order valence-electron chi connectivity index (χ4n) is 4.91. The summed E-state index contributed by atoms with van der Waals surface area (Å²) >= 11 is 0. The molecule has 0 aliphatic carbocycles. The maximum Gasteiger partial charge on any atom is 0.410 e. The number of carbonyl (C=O) groups is 2. The van der Waals surface area contributed by atoms with E-state index in [-0.39, 0.29) is 12.0 Å². The van der Waals surface area contributed by atoms with Gasteiger partial charge in [-0.1, -0.05) is 13.8 Å². The van der Waals surface area contributed by atoms with E-state index >= 15 is 0 Å². The van der Waals surface area contributed by atoms with E-state index in [0.717, 1.165) is 41.7 Å². The van der Waals surface area contributed by atoms with Gasteiger partial charge in [-0.25, -0.2) is 9.78 Å². The zero-order chi connectivity index (χ0) is 32.8. The Morgan fingerprint density at radius 1 is 1.07 bits per heavy atom. The average molecular weight is 634 g/mol. The second-order valence-electron chi connectivity index (χ2n) is 12.5. The molecule has 1 aliphatic rings. The van der Waals surface area contributed by atoms with E-state index in [1.54, 1.807) is 37.2 Å². The second-order valence-corrected chi connectivity index (χ2v) is 12.5. The molecule has 1 fully saturated rings. The van der Waals surface area contributed by atoms with Crippen LogP contribution in [-0.2, 0) is 20.9 Å². The summed E-state index contributed by atoms with van der Waals surface area (Å²) in [6.45, 7) is 12.0. The summed E-state index contributed by atoms with van der Waals surface area (Å²) in [5.41, 5.74) is 3.14. The van der Waals surface area contributed by atoms with Gasteiger partial charge in [-0.05, 0) is 44.4 Å². The lowest BCUT2D eigenvalue weighted by Gasteiger charge is -2.35. The Morgan fingerprint density at radius 2 is 1.80 bits per heavy atom. The number of aromatic amines is 1. The molecule has 0 aromatic carbocycles. The monoisotopic (exact) mass is 633 g/mol. The number of nitrogens with one attached hydrogen (secondary N) is 3. The predicted molar refractivity (Wildman–Crippen MR) is 165 cm³/mol. The van der Waals surface area contributed by atoms with Crippen LogP contribution >= 0.6 is 0 Å². The highest BCUT2D eigenvalue weighted by molar-refractivity contribution is 5.94. The first-order chi connectivity index (χ1) is 21.2. The van der Waals surface area contributed by atoms with Crippen molar-refractivity contribution in [1.82, 2.24) is 30.1 Å². The van der Waals surface area contributed by atoms with Gasteiger partial charge >= 0.3 is 12.3 Å². The molecule has 0 spiro atoms. The number of amides is 2. The highest BCUT2D eigenvalue weighted by Gasteiger charge is 2.31. The molecule has 2 amide bonds. The molecule has 0 radical (unpaired) electrons. The van der Waals surface area contributed by atoms with Crippen molar-refractivity contribution in [2.75, 3.05) is 51.2 Å². The Balaban J connectivity index is 1.33. The molecular weight excluding hydrogens is 591 g/mol. The van der Waals surface area contributed by atoms with E-state index in [2.05, 4.69) is 25.2 Å². The first-order valence-electron chi connectivity index (χ1n) is 15.0. The van der Waals surface area contributed by atoms with Gasteiger partial charge in [0.15, 0.2) is 0 Å². The van der Waals surface area contributed by atoms with Crippen molar-refractivity contribution in [3.05, 3.63) is 42.5 Å². The minimum atomic E-state index is -4.49. The summed E-state index contributed by atoms with van der Waals surface area (Å²) in [5.74, 6) is -1.01. The van der Waals surface area contributed by atoms with Gasteiger partial charge in [0, 0.05) is 74.0 Å². The summed E-state index contributed by atoms with van der Waals surface area (Å²) in [6.07, 6.45) is 2.00. The van der Waals surface area contributed by atoms with Gasteiger partial charge in [-0.3, -0.25) is 14.7 Å². The van der Waals surface area contributed by atoms with Gasteiger partial charge in [-0.15, -0.1) is 0 Å². The molecule has 1 saturated heterocycles. The van der Waals surface area contributed by atoms with Crippen LogP contribution in [0.2, 0.25) is 0 Å². The maximum atomic E-state index is 12.6. The Labute approximate surface area is 260 Å². The number of H-pyrrole nitrogens is 1. The summed E-state index contributed by atoms with van der Waals surface area (Å²) in [6, 6.07) is 2.91. The average Bonchev–Trinajstić information content (AvgIpc) is 3.39. The quantitative estimate of drug-likeness (QED) is 0.257. The number of anilines is 1. The number of alkyl halides is 3. The van der Waals surface area contributed by atoms with Crippen LogP contribution in [0, 0.1) is 5.92 Å². The van der Waals surface area contributed by atoms with Gasteiger partial charge in [0.1, 0.15) is 23.8 Å². The number of hydrogen-bond acceptors (Lipinski definition) is 8. The van der Waals surface area contributed by atoms with Crippen molar-refractivity contribution in [3.63, 3.8) is 0 Å². The standard InChI is InChI=1S/C31H42F3N7O4/c1-20(2)26(28(42)38-19-31(32,33)34)39-23-13-22(15-35-16-23)25-17-37-27-24(25)12-21(14-36-27)18-44-11-10-40-6-8-41(9-7-40)29(43)45-30(3,4)5/h12-17,20,26,39H,6-11,18-19H2,1-5H3,(H,36,37)(H,38,42)/t26-/m1/s1. The number of nitrogens with zero attached hydrogens (tertiary/aromatic N) is 4. The normalized spacial score (nSPS) is 15.4. The Bertz CT molecular complexity index is 1450. The molecule has 1 atom stereocenters. The number of rotatable bonds is 11. The van der Waals surface area contributed by atoms with Gasteiger partial charge < -0.3 is 30.0 Å².